The molecule has 0 aliphatic carbocycles. The molecular formula is C29H32F2N4O5. The highest BCUT2D eigenvalue weighted by Gasteiger charge is 2.48. The maximum atomic E-state index is 14.0. The molecule has 3 atom stereocenters. The molecule has 3 aliphatic heterocycles. The van der Waals surface area contributed by atoms with Gasteiger partial charge in [-0.05, 0) is 62.8 Å². The summed E-state index contributed by atoms with van der Waals surface area (Å²) in [6, 6.07) is 10.1. The Kier molecular flexibility index (Phi) is 7.61. The first-order chi connectivity index (χ1) is 19.1. The van der Waals surface area contributed by atoms with Crippen molar-refractivity contribution in [3.8, 4) is 0 Å². The first-order valence-corrected chi connectivity index (χ1v) is 13.4. The molecule has 3 unspecified atom stereocenters. The van der Waals surface area contributed by atoms with Crippen LogP contribution in [0.15, 0.2) is 54.1 Å². The number of carbonyl (C=O) groups is 3. The Morgan fingerprint density at radius 2 is 1.75 bits per heavy atom. The Morgan fingerprint density at radius 3 is 2.38 bits per heavy atom. The third-order valence-corrected chi connectivity index (χ3v) is 8.18. The smallest absolute Gasteiger partial charge is 0.335 e. The molecule has 2 bridgehead atoms. The molecule has 3 aliphatic rings. The lowest BCUT2D eigenvalue weighted by Gasteiger charge is -2.44. The van der Waals surface area contributed by atoms with E-state index in [1.54, 1.807) is 0 Å². The predicted molar refractivity (Wildman–Crippen MR) is 142 cm³/mol. The second kappa shape index (κ2) is 11.0. The molecule has 0 saturated carbocycles. The number of benzene rings is 2. The number of carbonyl (C=O) groups excluding carboxylic acids is 2. The Morgan fingerprint density at radius 1 is 1.07 bits per heavy atom. The number of piperidine rings is 1. The molecule has 3 heterocycles. The number of urea groups is 2. The van der Waals surface area contributed by atoms with Gasteiger partial charge in [0.2, 0.25) is 0 Å². The van der Waals surface area contributed by atoms with Gasteiger partial charge in [-0.3, -0.25) is 4.90 Å². The summed E-state index contributed by atoms with van der Waals surface area (Å²) in [6.45, 7) is 2.31. The van der Waals surface area contributed by atoms with Gasteiger partial charge < -0.3 is 20.8 Å². The number of hydrogen-bond acceptors (Lipinski definition) is 5. The van der Waals surface area contributed by atoms with Gasteiger partial charge in [0.25, 0.3) is 0 Å². The van der Waals surface area contributed by atoms with Gasteiger partial charge in [-0.2, -0.15) is 0 Å². The van der Waals surface area contributed by atoms with Gasteiger partial charge in [0.15, 0.2) is 11.6 Å². The van der Waals surface area contributed by atoms with Crippen molar-refractivity contribution in [2.45, 2.75) is 62.8 Å². The summed E-state index contributed by atoms with van der Waals surface area (Å²) in [5, 5.41) is 26.3. The average molecular weight is 555 g/mol. The van der Waals surface area contributed by atoms with Crippen molar-refractivity contribution in [3.63, 3.8) is 0 Å². The van der Waals surface area contributed by atoms with E-state index in [0.29, 0.717) is 30.7 Å². The van der Waals surface area contributed by atoms with E-state index in [2.05, 4.69) is 15.5 Å². The van der Waals surface area contributed by atoms with Crippen molar-refractivity contribution in [2.75, 3.05) is 13.1 Å². The fourth-order valence-corrected chi connectivity index (χ4v) is 6.36. The Labute approximate surface area is 230 Å². The lowest BCUT2D eigenvalue weighted by molar-refractivity contribution is -0.133. The summed E-state index contributed by atoms with van der Waals surface area (Å²) in [5.74, 6) is -3.77. The van der Waals surface area contributed by atoms with Crippen molar-refractivity contribution in [1.29, 1.82) is 0 Å². The third kappa shape index (κ3) is 5.18. The number of aliphatic carboxylic acids is 1. The monoisotopic (exact) mass is 554 g/mol. The number of nitrogens with zero attached hydrogens (tertiary/aromatic N) is 2. The van der Waals surface area contributed by atoms with Crippen LogP contribution in [0.25, 0.3) is 5.70 Å². The summed E-state index contributed by atoms with van der Waals surface area (Å²) in [7, 11) is 0. The average Bonchev–Trinajstić information content (AvgIpc) is 3.16. The normalized spacial score (nSPS) is 26.6. The van der Waals surface area contributed by atoms with Crippen LogP contribution < -0.4 is 10.6 Å². The summed E-state index contributed by atoms with van der Waals surface area (Å²) in [5.41, 5.74) is -0.672. The number of rotatable bonds is 7. The van der Waals surface area contributed by atoms with Gasteiger partial charge >= 0.3 is 18.0 Å². The third-order valence-electron chi connectivity index (χ3n) is 8.18. The molecule has 4 amide bonds. The molecule has 2 aromatic carbocycles. The van der Waals surface area contributed by atoms with Crippen LogP contribution in [0, 0.1) is 11.6 Å². The molecule has 40 heavy (non-hydrogen) atoms. The number of nitrogens with one attached hydrogen (secondary N) is 2. The molecule has 212 valence electrons. The lowest BCUT2D eigenvalue weighted by Crippen LogP contribution is -2.55. The maximum absolute atomic E-state index is 14.0. The van der Waals surface area contributed by atoms with Crippen molar-refractivity contribution in [1.82, 2.24) is 20.4 Å². The van der Waals surface area contributed by atoms with Gasteiger partial charge in [-0.15, -0.1) is 0 Å². The van der Waals surface area contributed by atoms with Crippen LogP contribution in [0.3, 0.4) is 0 Å². The lowest BCUT2D eigenvalue weighted by atomic mass is 9.80. The molecule has 0 aromatic heterocycles. The van der Waals surface area contributed by atoms with Crippen LogP contribution in [-0.2, 0) is 10.4 Å². The second-order valence-electron chi connectivity index (χ2n) is 10.7. The van der Waals surface area contributed by atoms with E-state index in [-0.39, 0.29) is 35.5 Å². The zero-order valence-corrected chi connectivity index (χ0v) is 22.1. The fourth-order valence-electron chi connectivity index (χ4n) is 6.36. The van der Waals surface area contributed by atoms with Gasteiger partial charge in [-0.25, -0.2) is 28.1 Å². The van der Waals surface area contributed by atoms with E-state index in [1.807, 2.05) is 30.3 Å². The molecule has 2 saturated heterocycles. The van der Waals surface area contributed by atoms with Crippen LogP contribution in [0.2, 0.25) is 0 Å². The summed E-state index contributed by atoms with van der Waals surface area (Å²) in [4.78, 5) is 41.0. The van der Waals surface area contributed by atoms with E-state index in [0.717, 1.165) is 36.6 Å². The van der Waals surface area contributed by atoms with Gasteiger partial charge in [0, 0.05) is 30.7 Å². The van der Waals surface area contributed by atoms with E-state index in [1.165, 1.54) is 6.92 Å². The van der Waals surface area contributed by atoms with Crippen molar-refractivity contribution < 1.29 is 33.4 Å². The predicted octanol–water partition coefficient (Wildman–Crippen LogP) is 3.79. The summed E-state index contributed by atoms with van der Waals surface area (Å²) in [6.07, 6.45) is 3.79. The van der Waals surface area contributed by atoms with Gasteiger partial charge in [0.05, 0.1) is 22.9 Å². The number of aliphatic hydroxyl groups is 1. The number of carboxylic acid groups (broad SMARTS) is 1. The van der Waals surface area contributed by atoms with E-state index in [9.17, 15) is 33.4 Å². The van der Waals surface area contributed by atoms with Crippen LogP contribution in [0.1, 0.15) is 50.2 Å². The Balaban J connectivity index is 1.25. The quantitative estimate of drug-likeness (QED) is 0.387. The minimum atomic E-state index is -1.40. The first-order valence-electron chi connectivity index (χ1n) is 13.4. The molecule has 11 heteroatoms. The minimum Gasteiger partial charge on any atom is -0.478 e. The van der Waals surface area contributed by atoms with Gasteiger partial charge in [-0.1, -0.05) is 30.3 Å². The van der Waals surface area contributed by atoms with E-state index < -0.39 is 41.3 Å². The van der Waals surface area contributed by atoms with Crippen LogP contribution in [0.4, 0.5) is 18.4 Å². The summed E-state index contributed by atoms with van der Waals surface area (Å²) < 4.78 is 27.6. The number of carboxylic acids is 1. The fraction of sp³-hybridized carbons (Fsp3) is 0.414. The van der Waals surface area contributed by atoms with Crippen molar-refractivity contribution in [2.24, 2.45) is 0 Å². The highest BCUT2D eigenvalue weighted by atomic mass is 19.2. The highest BCUT2D eigenvalue weighted by molar-refractivity contribution is 6.11. The van der Waals surface area contributed by atoms with Gasteiger partial charge in [0.1, 0.15) is 0 Å². The second-order valence-corrected chi connectivity index (χ2v) is 10.7. The Bertz CT molecular complexity index is 1340. The van der Waals surface area contributed by atoms with Crippen molar-refractivity contribution in [3.05, 3.63) is 76.9 Å². The Hall–Kier alpha value is -3.83. The van der Waals surface area contributed by atoms with E-state index >= 15 is 0 Å². The van der Waals surface area contributed by atoms with E-state index in [4.69, 9.17) is 0 Å². The number of imide groups is 1. The minimum absolute atomic E-state index is 0.107. The van der Waals surface area contributed by atoms with Crippen molar-refractivity contribution >= 4 is 23.7 Å². The van der Waals surface area contributed by atoms with Crippen LogP contribution in [-0.4, -0.2) is 69.3 Å². The molecule has 0 radical (unpaired) electrons. The van der Waals surface area contributed by atoms with Crippen LogP contribution >= 0.6 is 0 Å². The number of fused-ring (bicyclic) bond motifs is 2. The van der Waals surface area contributed by atoms with Crippen LogP contribution in [0.5, 0.6) is 0 Å². The molecule has 5 rings (SSSR count). The largest absolute Gasteiger partial charge is 0.478 e. The zero-order valence-electron chi connectivity index (χ0n) is 22.1. The molecule has 2 aromatic rings. The number of hydrogen-bond donors (Lipinski definition) is 4. The molecule has 4 N–H and O–H groups in total. The molecule has 0 spiro atoms. The SMILES string of the molecule is CC1NC(=O)N(C(=O)NCCCN2C3CCC2CC(O)(c2ccccc2)C3)C(c2ccc(F)c(F)c2)=C1C(=O)O. The number of halogens is 2. The highest BCUT2D eigenvalue weighted by Crippen LogP contribution is 2.45. The molecular weight excluding hydrogens is 522 g/mol. The maximum Gasteiger partial charge on any atom is 0.335 e. The first kappa shape index (κ1) is 27.7. The topological polar surface area (TPSA) is 122 Å². The molecule has 2 fully saturated rings. The standard InChI is InChI=1S/C29H32F2N4O5/c1-17-24(26(36)37)25(18-8-11-22(30)23(31)14-18)35(28(39)33-17)27(38)32-12-5-13-34-20-9-10-21(34)16-29(40,15-20)19-6-3-2-4-7-19/h2-4,6-8,11,14,17,20-21,40H,5,9-10,12-13,15-16H2,1H3,(H,32,38)(H,33,39)(H,36,37). The zero-order chi connectivity index (χ0) is 28.6. The summed E-state index contributed by atoms with van der Waals surface area (Å²) >= 11 is 0. The molecule has 9 nitrogen and oxygen atoms in total. The number of amides is 4.